The average Bonchev–Trinajstić information content (AvgIpc) is 2.91. The minimum absolute atomic E-state index is 0.100. The average molecular weight is 450 g/mol. The van der Waals surface area contributed by atoms with Crippen LogP contribution in [-0.2, 0) is 0 Å². The van der Waals surface area contributed by atoms with E-state index in [2.05, 4.69) is 128 Å². The van der Waals surface area contributed by atoms with Gasteiger partial charge in [-0.15, -0.1) is 0 Å². The lowest BCUT2D eigenvalue weighted by Crippen LogP contribution is -2.33. The summed E-state index contributed by atoms with van der Waals surface area (Å²) in [7, 11) is 0. The molecule has 0 fully saturated rings. The van der Waals surface area contributed by atoms with Gasteiger partial charge in [-0.2, -0.15) is 0 Å². The lowest BCUT2D eigenvalue weighted by Gasteiger charge is -2.37. The fraction of sp³-hybridized carbons (Fsp3) is 0.118. The third-order valence-corrected chi connectivity index (χ3v) is 7.88. The van der Waals surface area contributed by atoms with Gasteiger partial charge in [0.2, 0.25) is 0 Å². The summed E-state index contributed by atoms with van der Waals surface area (Å²) in [5.41, 5.74) is 8.19. The molecule has 168 valence electrons. The second kappa shape index (κ2) is 7.80. The number of fused-ring (bicyclic) bond motifs is 2. The maximum Gasteiger partial charge on any atom is 0.0598 e. The molecule has 7 rings (SSSR count). The molecule has 1 heteroatoms. The molecule has 0 bridgehead atoms. The number of nitrogens with one attached hydrogen (secondary N) is 1. The van der Waals surface area contributed by atoms with Crippen molar-refractivity contribution in [1.29, 1.82) is 0 Å². The van der Waals surface area contributed by atoms with Gasteiger partial charge in [0.25, 0.3) is 0 Å². The molecule has 0 saturated carbocycles. The van der Waals surface area contributed by atoms with Gasteiger partial charge >= 0.3 is 0 Å². The van der Waals surface area contributed by atoms with Crippen LogP contribution in [-0.4, -0.2) is 0 Å². The first kappa shape index (κ1) is 20.4. The quantitative estimate of drug-likeness (QED) is 0.279. The SMILES string of the molecule is Cc1ccc2ccc(C)c3c2c1C(c1cccc2ccccc12)NC3c1cccc2ccccc12. The normalized spacial score (nSPS) is 17.3. The summed E-state index contributed by atoms with van der Waals surface area (Å²) in [6, 6.07) is 40.3. The Bertz CT molecular complexity index is 1620. The van der Waals surface area contributed by atoms with Gasteiger partial charge in [-0.1, -0.05) is 109 Å². The summed E-state index contributed by atoms with van der Waals surface area (Å²) in [6.07, 6.45) is 0. The number of hydrogen-bond acceptors (Lipinski definition) is 1. The zero-order valence-electron chi connectivity index (χ0n) is 20.0. The van der Waals surface area contributed by atoms with Crippen molar-refractivity contribution < 1.29 is 0 Å². The molecule has 1 N–H and O–H groups in total. The van der Waals surface area contributed by atoms with E-state index in [4.69, 9.17) is 0 Å². The van der Waals surface area contributed by atoms with Crippen molar-refractivity contribution in [2.24, 2.45) is 0 Å². The van der Waals surface area contributed by atoms with Crippen molar-refractivity contribution in [3.05, 3.63) is 143 Å². The van der Waals surface area contributed by atoms with E-state index in [1.165, 1.54) is 65.7 Å². The molecule has 0 radical (unpaired) electrons. The van der Waals surface area contributed by atoms with Crippen molar-refractivity contribution in [1.82, 2.24) is 5.32 Å². The van der Waals surface area contributed by atoms with E-state index in [1.54, 1.807) is 0 Å². The lowest BCUT2D eigenvalue weighted by molar-refractivity contribution is 0.532. The zero-order chi connectivity index (χ0) is 23.5. The van der Waals surface area contributed by atoms with Gasteiger partial charge in [0.15, 0.2) is 0 Å². The van der Waals surface area contributed by atoms with Crippen LogP contribution in [0.25, 0.3) is 32.3 Å². The fourth-order valence-electron chi connectivity index (χ4n) is 6.25. The molecule has 35 heavy (non-hydrogen) atoms. The summed E-state index contributed by atoms with van der Waals surface area (Å²) >= 11 is 0. The predicted molar refractivity (Wildman–Crippen MR) is 148 cm³/mol. The molecule has 1 aliphatic rings. The Morgan fingerprint density at radius 2 is 0.914 bits per heavy atom. The molecular formula is C34H27N. The van der Waals surface area contributed by atoms with E-state index < -0.39 is 0 Å². The summed E-state index contributed by atoms with van der Waals surface area (Å²) in [5.74, 6) is 0. The lowest BCUT2D eigenvalue weighted by atomic mass is 9.77. The van der Waals surface area contributed by atoms with Crippen LogP contribution in [0.1, 0.15) is 45.5 Å². The fourth-order valence-corrected chi connectivity index (χ4v) is 6.25. The molecule has 0 amide bonds. The van der Waals surface area contributed by atoms with E-state index in [-0.39, 0.29) is 12.1 Å². The van der Waals surface area contributed by atoms with E-state index in [0.29, 0.717) is 0 Å². The van der Waals surface area contributed by atoms with E-state index in [1.807, 2.05) is 0 Å². The Hall–Kier alpha value is -3.94. The van der Waals surface area contributed by atoms with Gasteiger partial charge < -0.3 is 0 Å². The molecule has 0 aromatic heterocycles. The Morgan fingerprint density at radius 1 is 0.457 bits per heavy atom. The smallest absolute Gasteiger partial charge is 0.0598 e. The first-order valence-corrected chi connectivity index (χ1v) is 12.4. The van der Waals surface area contributed by atoms with Crippen molar-refractivity contribution in [3.63, 3.8) is 0 Å². The molecule has 6 aromatic rings. The number of hydrogen-bond donors (Lipinski definition) is 1. The van der Waals surface area contributed by atoms with Crippen LogP contribution in [0.5, 0.6) is 0 Å². The Morgan fingerprint density at radius 3 is 1.43 bits per heavy atom. The van der Waals surface area contributed by atoms with Crippen LogP contribution in [0, 0.1) is 13.8 Å². The largest absolute Gasteiger partial charge is 0.295 e. The highest BCUT2D eigenvalue weighted by atomic mass is 15.0. The molecular weight excluding hydrogens is 422 g/mol. The number of benzene rings is 6. The highest BCUT2D eigenvalue weighted by Gasteiger charge is 2.33. The van der Waals surface area contributed by atoms with Crippen molar-refractivity contribution >= 4 is 32.3 Å². The summed E-state index contributed by atoms with van der Waals surface area (Å²) < 4.78 is 0. The minimum atomic E-state index is 0.100. The third-order valence-electron chi connectivity index (χ3n) is 7.88. The summed E-state index contributed by atoms with van der Waals surface area (Å²) in [4.78, 5) is 0. The van der Waals surface area contributed by atoms with Gasteiger partial charge in [-0.3, -0.25) is 5.32 Å². The topological polar surface area (TPSA) is 12.0 Å². The molecule has 0 spiro atoms. The van der Waals surface area contributed by atoms with Gasteiger partial charge in [-0.25, -0.2) is 0 Å². The number of rotatable bonds is 2. The Labute approximate surface area is 206 Å². The van der Waals surface area contributed by atoms with Crippen LogP contribution < -0.4 is 5.32 Å². The van der Waals surface area contributed by atoms with E-state index in [9.17, 15) is 0 Å². The molecule has 2 unspecified atom stereocenters. The molecule has 1 aliphatic heterocycles. The Kier molecular flexibility index (Phi) is 4.55. The highest BCUT2D eigenvalue weighted by molar-refractivity contribution is 5.96. The molecule has 2 atom stereocenters. The van der Waals surface area contributed by atoms with Gasteiger partial charge in [0.05, 0.1) is 12.1 Å². The maximum atomic E-state index is 4.17. The monoisotopic (exact) mass is 449 g/mol. The standard InChI is InChI=1S/C34H27N/c1-21-17-19-25-20-18-22(2)31-32(25)30(21)33(28-15-7-11-23-9-3-5-13-26(23)28)35-34(31)29-16-8-12-24-10-4-6-14-27(24)29/h3-20,33-35H,1-2H3. The first-order chi connectivity index (χ1) is 17.2. The van der Waals surface area contributed by atoms with Crippen LogP contribution >= 0.6 is 0 Å². The van der Waals surface area contributed by atoms with Crippen molar-refractivity contribution in [2.45, 2.75) is 25.9 Å². The van der Waals surface area contributed by atoms with Crippen LogP contribution in [0.2, 0.25) is 0 Å². The van der Waals surface area contributed by atoms with Crippen LogP contribution in [0.15, 0.2) is 109 Å². The second-order valence-electron chi connectivity index (χ2n) is 9.86. The molecule has 1 nitrogen and oxygen atoms in total. The van der Waals surface area contributed by atoms with E-state index >= 15 is 0 Å². The summed E-state index contributed by atoms with van der Waals surface area (Å²) in [6.45, 7) is 4.53. The maximum absolute atomic E-state index is 4.17. The molecule has 1 heterocycles. The van der Waals surface area contributed by atoms with Gasteiger partial charge in [-0.05, 0) is 79.5 Å². The van der Waals surface area contributed by atoms with Crippen molar-refractivity contribution in [3.8, 4) is 0 Å². The van der Waals surface area contributed by atoms with E-state index in [0.717, 1.165) is 0 Å². The Balaban J connectivity index is 1.59. The van der Waals surface area contributed by atoms with Gasteiger partial charge in [0.1, 0.15) is 0 Å². The molecule has 0 saturated heterocycles. The van der Waals surface area contributed by atoms with Crippen LogP contribution in [0.3, 0.4) is 0 Å². The number of aryl methyl sites for hydroxylation is 2. The minimum Gasteiger partial charge on any atom is -0.295 e. The summed E-state index contributed by atoms with van der Waals surface area (Å²) in [5, 5.41) is 12.1. The van der Waals surface area contributed by atoms with Crippen molar-refractivity contribution in [2.75, 3.05) is 0 Å². The second-order valence-corrected chi connectivity index (χ2v) is 9.86. The third kappa shape index (κ3) is 3.05. The van der Waals surface area contributed by atoms with Gasteiger partial charge in [0, 0.05) is 0 Å². The zero-order valence-corrected chi connectivity index (χ0v) is 20.0. The molecule has 6 aromatic carbocycles. The van der Waals surface area contributed by atoms with Crippen LogP contribution in [0.4, 0.5) is 0 Å². The first-order valence-electron chi connectivity index (χ1n) is 12.4. The predicted octanol–water partition coefficient (Wildman–Crippen LogP) is 8.55. The molecule has 0 aliphatic carbocycles. The highest BCUT2D eigenvalue weighted by Crippen LogP contribution is 2.46.